The first-order chi connectivity index (χ1) is 8.49. The SMILES string of the molecule is CS(=O)(=O)CCC(NN)c1ccc2c(c1)CCC2. The van der Waals surface area contributed by atoms with E-state index in [1.165, 1.54) is 23.8 Å². The molecule has 5 heteroatoms. The normalized spacial score (nSPS) is 16.6. The maximum atomic E-state index is 11.2. The van der Waals surface area contributed by atoms with Crippen molar-refractivity contribution in [3.8, 4) is 0 Å². The van der Waals surface area contributed by atoms with E-state index >= 15 is 0 Å². The highest BCUT2D eigenvalue weighted by atomic mass is 32.2. The minimum absolute atomic E-state index is 0.0920. The maximum absolute atomic E-state index is 11.2. The van der Waals surface area contributed by atoms with Gasteiger partial charge in [-0.3, -0.25) is 11.3 Å². The van der Waals surface area contributed by atoms with E-state index in [2.05, 4.69) is 23.6 Å². The summed E-state index contributed by atoms with van der Waals surface area (Å²) < 4.78 is 22.4. The molecule has 0 bridgehead atoms. The van der Waals surface area contributed by atoms with Gasteiger partial charge in [0.2, 0.25) is 0 Å². The van der Waals surface area contributed by atoms with Gasteiger partial charge in [0.25, 0.3) is 0 Å². The van der Waals surface area contributed by atoms with Gasteiger partial charge in [-0.25, -0.2) is 8.42 Å². The van der Waals surface area contributed by atoms with Crippen LogP contribution in [-0.2, 0) is 22.7 Å². The highest BCUT2D eigenvalue weighted by Gasteiger charge is 2.16. The number of nitrogens with one attached hydrogen (secondary N) is 1. The Morgan fingerprint density at radius 1 is 1.33 bits per heavy atom. The summed E-state index contributed by atoms with van der Waals surface area (Å²) in [5.74, 6) is 5.69. The van der Waals surface area contributed by atoms with Gasteiger partial charge in [-0.05, 0) is 42.4 Å². The number of aryl methyl sites for hydroxylation is 2. The van der Waals surface area contributed by atoms with Crippen LogP contribution in [0.3, 0.4) is 0 Å². The van der Waals surface area contributed by atoms with Gasteiger partial charge in [-0.15, -0.1) is 0 Å². The van der Waals surface area contributed by atoms with Crippen LogP contribution in [0, 0.1) is 0 Å². The number of fused-ring (bicyclic) bond motifs is 1. The van der Waals surface area contributed by atoms with E-state index in [1.54, 1.807) is 0 Å². The lowest BCUT2D eigenvalue weighted by atomic mass is 10.00. The molecular formula is C13H20N2O2S. The van der Waals surface area contributed by atoms with Crippen LogP contribution in [0.25, 0.3) is 0 Å². The van der Waals surface area contributed by atoms with Gasteiger partial charge in [-0.2, -0.15) is 0 Å². The molecule has 100 valence electrons. The van der Waals surface area contributed by atoms with Crippen molar-refractivity contribution >= 4 is 9.84 Å². The molecule has 0 heterocycles. The zero-order chi connectivity index (χ0) is 13.2. The summed E-state index contributed by atoms with van der Waals surface area (Å²) in [6, 6.07) is 6.26. The third-order valence-electron chi connectivity index (χ3n) is 3.50. The summed E-state index contributed by atoms with van der Waals surface area (Å²) in [5.41, 5.74) is 6.60. The van der Waals surface area contributed by atoms with E-state index in [9.17, 15) is 8.42 Å². The standard InChI is InChI=1S/C13H20N2O2S/c1-18(16,17)8-7-13(15-14)12-6-5-10-3-2-4-11(10)9-12/h5-6,9,13,15H,2-4,7-8,14H2,1H3. The molecule has 18 heavy (non-hydrogen) atoms. The van der Waals surface area contributed by atoms with Crippen LogP contribution in [0.4, 0.5) is 0 Å². The topological polar surface area (TPSA) is 72.2 Å². The molecule has 0 aromatic heterocycles. The van der Waals surface area contributed by atoms with Gasteiger partial charge in [0, 0.05) is 12.3 Å². The van der Waals surface area contributed by atoms with Crippen molar-refractivity contribution in [2.75, 3.05) is 12.0 Å². The van der Waals surface area contributed by atoms with Crippen LogP contribution in [0.5, 0.6) is 0 Å². The maximum Gasteiger partial charge on any atom is 0.147 e. The largest absolute Gasteiger partial charge is 0.271 e. The molecule has 1 aromatic rings. The van der Waals surface area contributed by atoms with Crippen molar-refractivity contribution in [3.63, 3.8) is 0 Å². The van der Waals surface area contributed by atoms with E-state index in [0.717, 1.165) is 18.4 Å². The van der Waals surface area contributed by atoms with Gasteiger partial charge in [0.1, 0.15) is 9.84 Å². The molecule has 4 nitrogen and oxygen atoms in total. The zero-order valence-corrected chi connectivity index (χ0v) is 11.5. The lowest BCUT2D eigenvalue weighted by Gasteiger charge is -2.17. The summed E-state index contributed by atoms with van der Waals surface area (Å²) >= 11 is 0. The lowest BCUT2D eigenvalue weighted by molar-refractivity contribution is 0.531. The van der Waals surface area contributed by atoms with Crippen molar-refractivity contribution in [1.82, 2.24) is 5.43 Å². The second kappa shape index (κ2) is 5.38. The second-order valence-electron chi connectivity index (χ2n) is 5.02. The Hall–Kier alpha value is -0.910. The number of rotatable bonds is 5. The Labute approximate surface area is 108 Å². The predicted octanol–water partition coefficient (Wildman–Crippen LogP) is 1.11. The number of nitrogens with two attached hydrogens (primary N) is 1. The highest BCUT2D eigenvalue weighted by Crippen LogP contribution is 2.26. The molecule has 0 radical (unpaired) electrons. The van der Waals surface area contributed by atoms with E-state index in [1.807, 2.05) is 0 Å². The third-order valence-corrected chi connectivity index (χ3v) is 4.48. The van der Waals surface area contributed by atoms with Crippen molar-refractivity contribution in [3.05, 3.63) is 34.9 Å². The van der Waals surface area contributed by atoms with Crippen LogP contribution in [0.2, 0.25) is 0 Å². The van der Waals surface area contributed by atoms with E-state index in [0.29, 0.717) is 6.42 Å². The minimum Gasteiger partial charge on any atom is -0.271 e. The van der Waals surface area contributed by atoms with Crippen molar-refractivity contribution < 1.29 is 8.42 Å². The zero-order valence-electron chi connectivity index (χ0n) is 10.6. The Morgan fingerprint density at radius 2 is 2.06 bits per heavy atom. The fourth-order valence-corrected chi connectivity index (χ4v) is 3.15. The Bertz CT molecular complexity index is 526. The fourth-order valence-electron chi connectivity index (χ4n) is 2.49. The molecule has 1 aliphatic carbocycles. The van der Waals surface area contributed by atoms with Gasteiger partial charge >= 0.3 is 0 Å². The van der Waals surface area contributed by atoms with E-state index in [4.69, 9.17) is 5.84 Å². The lowest BCUT2D eigenvalue weighted by Crippen LogP contribution is -2.29. The number of hydrogen-bond donors (Lipinski definition) is 2. The van der Waals surface area contributed by atoms with E-state index < -0.39 is 9.84 Å². The summed E-state index contributed by atoms with van der Waals surface area (Å²) in [6.07, 6.45) is 5.24. The molecule has 3 N–H and O–H groups in total. The number of benzene rings is 1. The second-order valence-corrected chi connectivity index (χ2v) is 7.28. The molecule has 0 saturated carbocycles. The van der Waals surface area contributed by atoms with E-state index in [-0.39, 0.29) is 11.8 Å². The van der Waals surface area contributed by atoms with Crippen LogP contribution in [-0.4, -0.2) is 20.4 Å². The summed E-state index contributed by atoms with van der Waals surface area (Å²) in [5, 5.41) is 0. The molecule has 0 saturated heterocycles. The molecule has 1 aromatic carbocycles. The number of sulfone groups is 1. The number of hydrogen-bond acceptors (Lipinski definition) is 4. The van der Waals surface area contributed by atoms with Crippen molar-refractivity contribution in [2.24, 2.45) is 5.84 Å². The van der Waals surface area contributed by atoms with Gasteiger partial charge in [0.15, 0.2) is 0 Å². The van der Waals surface area contributed by atoms with Crippen LogP contribution >= 0.6 is 0 Å². The first-order valence-electron chi connectivity index (χ1n) is 6.25. The summed E-state index contributed by atoms with van der Waals surface area (Å²) in [6.45, 7) is 0. The first kappa shape index (κ1) is 13.5. The highest BCUT2D eigenvalue weighted by molar-refractivity contribution is 7.90. The fraction of sp³-hybridized carbons (Fsp3) is 0.538. The summed E-state index contributed by atoms with van der Waals surface area (Å²) in [7, 11) is -2.94. The molecule has 1 aliphatic rings. The predicted molar refractivity (Wildman–Crippen MR) is 72.9 cm³/mol. The average molecular weight is 268 g/mol. The average Bonchev–Trinajstić information content (AvgIpc) is 2.75. The molecular weight excluding hydrogens is 248 g/mol. The van der Waals surface area contributed by atoms with Crippen molar-refractivity contribution in [2.45, 2.75) is 31.7 Å². The van der Waals surface area contributed by atoms with Gasteiger partial charge in [-0.1, -0.05) is 18.2 Å². The molecule has 0 fully saturated rings. The molecule has 1 atom stereocenters. The third kappa shape index (κ3) is 3.31. The smallest absolute Gasteiger partial charge is 0.147 e. The Kier molecular flexibility index (Phi) is 4.04. The summed E-state index contributed by atoms with van der Waals surface area (Å²) in [4.78, 5) is 0. The Morgan fingerprint density at radius 3 is 2.72 bits per heavy atom. The first-order valence-corrected chi connectivity index (χ1v) is 8.31. The number of hydrazine groups is 1. The van der Waals surface area contributed by atoms with Crippen LogP contribution in [0.15, 0.2) is 18.2 Å². The molecule has 0 aliphatic heterocycles. The van der Waals surface area contributed by atoms with Crippen LogP contribution in [0.1, 0.15) is 35.6 Å². The van der Waals surface area contributed by atoms with Crippen LogP contribution < -0.4 is 11.3 Å². The molecule has 0 spiro atoms. The minimum atomic E-state index is -2.94. The van der Waals surface area contributed by atoms with Gasteiger partial charge < -0.3 is 0 Å². The molecule has 2 rings (SSSR count). The molecule has 0 amide bonds. The Balaban J connectivity index is 2.12. The monoisotopic (exact) mass is 268 g/mol. The van der Waals surface area contributed by atoms with Gasteiger partial charge in [0.05, 0.1) is 5.75 Å². The molecule has 1 unspecified atom stereocenters. The van der Waals surface area contributed by atoms with Crippen molar-refractivity contribution in [1.29, 1.82) is 0 Å². The quantitative estimate of drug-likeness (QED) is 0.620.